The number of nitrogens with zero attached hydrogens (tertiary/aromatic N) is 3. The molecular formula is C23H25N3O3. The summed E-state index contributed by atoms with van der Waals surface area (Å²) in [6.45, 7) is 1.55. The number of anilines is 2. The third kappa shape index (κ3) is 3.24. The van der Waals surface area contributed by atoms with E-state index in [2.05, 4.69) is 0 Å². The number of methoxy groups -OCH3 is 1. The Bertz CT molecular complexity index is 990. The molecule has 150 valence electrons. The molecule has 2 aliphatic heterocycles. The van der Waals surface area contributed by atoms with Gasteiger partial charge in [-0.2, -0.15) is 0 Å². The van der Waals surface area contributed by atoms with Crippen molar-refractivity contribution in [3.8, 4) is 5.75 Å². The molecule has 0 unspecified atom stereocenters. The summed E-state index contributed by atoms with van der Waals surface area (Å²) in [7, 11) is 5.44. The smallest absolute Gasteiger partial charge is 0.282 e. The lowest BCUT2D eigenvalue weighted by molar-refractivity contribution is -0.120. The molecule has 0 N–H and O–H groups in total. The van der Waals surface area contributed by atoms with Gasteiger partial charge in [-0.25, -0.2) is 4.90 Å². The summed E-state index contributed by atoms with van der Waals surface area (Å²) in [6, 6.07) is 14.9. The maximum absolute atomic E-state index is 13.6. The van der Waals surface area contributed by atoms with Crippen LogP contribution in [0.2, 0.25) is 0 Å². The topological polar surface area (TPSA) is 53.1 Å². The summed E-state index contributed by atoms with van der Waals surface area (Å²) >= 11 is 0. The first-order valence-electron chi connectivity index (χ1n) is 9.81. The van der Waals surface area contributed by atoms with E-state index in [4.69, 9.17) is 4.74 Å². The average Bonchev–Trinajstić information content (AvgIpc) is 3.34. The predicted octanol–water partition coefficient (Wildman–Crippen LogP) is 3.14. The molecule has 0 radical (unpaired) electrons. The third-order valence-electron chi connectivity index (χ3n) is 5.46. The van der Waals surface area contributed by atoms with Gasteiger partial charge in [-0.15, -0.1) is 0 Å². The van der Waals surface area contributed by atoms with E-state index < -0.39 is 0 Å². The van der Waals surface area contributed by atoms with Crippen LogP contribution in [-0.2, 0) is 9.59 Å². The zero-order chi connectivity index (χ0) is 20.5. The molecule has 1 fully saturated rings. The van der Waals surface area contributed by atoms with Crippen LogP contribution in [-0.4, -0.2) is 51.0 Å². The number of rotatable bonds is 5. The van der Waals surface area contributed by atoms with Gasteiger partial charge in [0, 0.05) is 38.4 Å². The second kappa shape index (κ2) is 7.62. The fraction of sp³-hybridized carbons (Fsp3) is 0.304. The van der Waals surface area contributed by atoms with Gasteiger partial charge in [0.2, 0.25) is 0 Å². The van der Waals surface area contributed by atoms with Gasteiger partial charge in [0.1, 0.15) is 11.4 Å². The standard InChI is InChI=1S/C23H25N3O3/c1-24(2)16-9-8-10-17(15-16)26-22(27)20(18-11-4-5-12-19(18)29-3)21(23(26)28)25-13-6-7-14-25/h4-5,8-12,15H,6-7,13-14H2,1-3H3. The van der Waals surface area contributed by atoms with Crippen molar-refractivity contribution >= 4 is 28.8 Å². The molecule has 2 heterocycles. The Morgan fingerprint density at radius 3 is 2.34 bits per heavy atom. The third-order valence-corrected chi connectivity index (χ3v) is 5.46. The van der Waals surface area contributed by atoms with Gasteiger partial charge in [-0.1, -0.05) is 24.3 Å². The Hall–Kier alpha value is -3.28. The van der Waals surface area contributed by atoms with Crippen molar-refractivity contribution in [2.24, 2.45) is 0 Å². The van der Waals surface area contributed by atoms with Crippen LogP contribution in [0.5, 0.6) is 5.75 Å². The van der Waals surface area contributed by atoms with Crippen molar-refractivity contribution in [3.63, 3.8) is 0 Å². The normalized spacial score (nSPS) is 16.8. The van der Waals surface area contributed by atoms with Gasteiger partial charge >= 0.3 is 0 Å². The highest BCUT2D eigenvalue weighted by Crippen LogP contribution is 2.39. The highest BCUT2D eigenvalue weighted by molar-refractivity contribution is 6.45. The molecule has 6 nitrogen and oxygen atoms in total. The quantitative estimate of drug-likeness (QED) is 0.733. The van der Waals surface area contributed by atoms with E-state index in [1.165, 1.54) is 4.90 Å². The zero-order valence-corrected chi connectivity index (χ0v) is 17.0. The van der Waals surface area contributed by atoms with E-state index in [9.17, 15) is 9.59 Å². The Balaban J connectivity index is 1.85. The summed E-state index contributed by atoms with van der Waals surface area (Å²) in [5.41, 5.74) is 3.06. The number of hydrogen-bond donors (Lipinski definition) is 0. The second-order valence-corrected chi connectivity index (χ2v) is 7.48. The molecule has 0 aliphatic carbocycles. The van der Waals surface area contributed by atoms with Crippen LogP contribution in [0.1, 0.15) is 18.4 Å². The molecule has 0 spiro atoms. The van der Waals surface area contributed by atoms with Crippen molar-refractivity contribution in [2.45, 2.75) is 12.8 Å². The molecule has 1 saturated heterocycles. The Kier molecular flexibility index (Phi) is 5.01. The Morgan fingerprint density at radius 2 is 1.66 bits per heavy atom. The fourth-order valence-electron chi connectivity index (χ4n) is 3.99. The van der Waals surface area contributed by atoms with Crippen molar-refractivity contribution < 1.29 is 14.3 Å². The zero-order valence-electron chi connectivity index (χ0n) is 17.0. The van der Waals surface area contributed by atoms with Crippen molar-refractivity contribution in [1.29, 1.82) is 0 Å². The second-order valence-electron chi connectivity index (χ2n) is 7.48. The summed E-state index contributed by atoms with van der Waals surface area (Å²) in [4.78, 5) is 32.4. The van der Waals surface area contributed by atoms with E-state index in [0.717, 1.165) is 31.6 Å². The van der Waals surface area contributed by atoms with Crippen molar-refractivity contribution in [3.05, 3.63) is 59.8 Å². The number of para-hydroxylation sites is 1. The molecule has 0 bridgehead atoms. The average molecular weight is 391 g/mol. The number of likely N-dealkylation sites (tertiary alicyclic amines) is 1. The van der Waals surface area contributed by atoms with Gasteiger partial charge in [0.25, 0.3) is 11.8 Å². The fourth-order valence-corrected chi connectivity index (χ4v) is 3.99. The minimum Gasteiger partial charge on any atom is -0.496 e. The number of benzene rings is 2. The largest absolute Gasteiger partial charge is 0.496 e. The van der Waals surface area contributed by atoms with Crippen molar-refractivity contribution in [2.75, 3.05) is 44.1 Å². The molecule has 2 aromatic rings. The van der Waals surface area contributed by atoms with Crippen LogP contribution in [0, 0.1) is 0 Å². The van der Waals surface area contributed by atoms with E-state index in [-0.39, 0.29) is 11.8 Å². The number of carbonyl (C=O) groups excluding carboxylic acids is 2. The monoisotopic (exact) mass is 391 g/mol. The first-order valence-corrected chi connectivity index (χ1v) is 9.81. The molecule has 0 atom stereocenters. The number of carbonyl (C=O) groups is 2. The minimum atomic E-state index is -0.308. The molecule has 29 heavy (non-hydrogen) atoms. The number of ether oxygens (including phenoxy) is 1. The molecular weight excluding hydrogens is 366 g/mol. The summed E-state index contributed by atoms with van der Waals surface area (Å²) < 4.78 is 5.50. The first-order chi connectivity index (χ1) is 14.0. The summed E-state index contributed by atoms with van der Waals surface area (Å²) in [6.07, 6.45) is 2.03. The van der Waals surface area contributed by atoms with Crippen LogP contribution in [0.4, 0.5) is 11.4 Å². The van der Waals surface area contributed by atoms with Gasteiger partial charge in [-0.3, -0.25) is 9.59 Å². The Morgan fingerprint density at radius 1 is 0.931 bits per heavy atom. The molecule has 2 amide bonds. The first kappa shape index (κ1) is 19.1. The number of hydrogen-bond acceptors (Lipinski definition) is 5. The van der Waals surface area contributed by atoms with E-state index in [1.54, 1.807) is 13.2 Å². The highest BCUT2D eigenvalue weighted by atomic mass is 16.5. The Labute approximate surface area is 171 Å². The lowest BCUT2D eigenvalue weighted by atomic mass is 10.0. The van der Waals surface area contributed by atoms with Crippen molar-refractivity contribution in [1.82, 2.24) is 4.90 Å². The van der Waals surface area contributed by atoms with Gasteiger partial charge < -0.3 is 14.5 Å². The maximum Gasteiger partial charge on any atom is 0.282 e. The summed E-state index contributed by atoms with van der Waals surface area (Å²) in [5, 5.41) is 0. The van der Waals surface area contributed by atoms with E-state index in [0.29, 0.717) is 28.3 Å². The van der Waals surface area contributed by atoms with Crippen LogP contribution in [0.3, 0.4) is 0 Å². The molecule has 2 aliphatic rings. The molecule has 0 aromatic heterocycles. The minimum absolute atomic E-state index is 0.270. The van der Waals surface area contributed by atoms with E-state index in [1.807, 2.05) is 66.4 Å². The van der Waals surface area contributed by atoms with Crippen LogP contribution >= 0.6 is 0 Å². The number of amides is 2. The summed E-state index contributed by atoms with van der Waals surface area (Å²) in [5.74, 6) is 0.00950. The highest BCUT2D eigenvalue weighted by Gasteiger charge is 2.43. The molecule has 0 saturated carbocycles. The maximum atomic E-state index is 13.6. The SMILES string of the molecule is COc1ccccc1C1=C(N2CCCC2)C(=O)N(c2cccc(N(C)C)c2)C1=O. The lowest BCUT2D eigenvalue weighted by Crippen LogP contribution is -2.34. The van der Waals surface area contributed by atoms with E-state index >= 15 is 0 Å². The lowest BCUT2D eigenvalue weighted by Gasteiger charge is -2.21. The molecule has 4 rings (SSSR count). The van der Waals surface area contributed by atoms with Gasteiger partial charge in [0.15, 0.2) is 0 Å². The molecule has 6 heteroatoms. The predicted molar refractivity (Wildman–Crippen MR) is 114 cm³/mol. The van der Waals surface area contributed by atoms with Crippen LogP contribution < -0.4 is 14.5 Å². The van der Waals surface area contributed by atoms with Crippen LogP contribution in [0.15, 0.2) is 54.2 Å². The van der Waals surface area contributed by atoms with Crippen LogP contribution in [0.25, 0.3) is 5.57 Å². The number of imide groups is 1. The van der Waals surface area contributed by atoms with Gasteiger partial charge in [0.05, 0.1) is 18.4 Å². The van der Waals surface area contributed by atoms with Gasteiger partial charge in [-0.05, 0) is 37.1 Å². The molecule has 2 aromatic carbocycles.